The normalized spacial score (nSPS) is 23.6. The number of carbonyl (C=O) groups is 1. The van der Waals surface area contributed by atoms with E-state index >= 15 is 0 Å². The number of hydrogen-bond donors (Lipinski definition) is 1. The minimum atomic E-state index is -0.224. The Bertz CT molecular complexity index is 391. The maximum absolute atomic E-state index is 11.8. The monoisotopic (exact) mass is 261 g/mol. The Kier molecular flexibility index (Phi) is 5.40. The van der Waals surface area contributed by atoms with Crippen molar-refractivity contribution in [3.05, 3.63) is 35.9 Å². The van der Waals surface area contributed by atoms with Gasteiger partial charge in [-0.05, 0) is 37.3 Å². The number of benzene rings is 1. The Morgan fingerprint density at radius 1 is 1.21 bits per heavy atom. The Morgan fingerprint density at radius 2 is 1.95 bits per heavy atom. The molecule has 0 saturated heterocycles. The van der Waals surface area contributed by atoms with Gasteiger partial charge in [-0.3, -0.25) is 0 Å². The standard InChI is InChI=1S/C16H23NO2/c17-15-9-5-4-6-13(12-15)10-11-19-16(18)14-7-2-1-3-8-14/h1-3,7-8,13,15H,4-6,9-12,17H2. The topological polar surface area (TPSA) is 52.3 Å². The Hall–Kier alpha value is -1.35. The van der Waals surface area contributed by atoms with Crippen molar-refractivity contribution in [2.24, 2.45) is 11.7 Å². The molecule has 0 spiro atoms. The first-order chi connectivity index (χ1) is 9.25. The van der Waals surface area contributed by atoms with E-state index in [0.29, 0.717) is 24.1 Å². The van der Waals surface area contributed by atoms with E-state index in [2.05, 4.69) is 0 Å². The summed E-state index contributed by atoms with van der Waals surface area (Å²) in [5.74, 6) is 0.389. The zero-order valence-corrected chi connectivity index (χ0v) is 11.4. The van der Waals surface area contributed by atoms with Crippen LogP contribution in [0.15, 0.2) is 30.3 Å². The zero-order valence-electron chi connectivity index (χ0n) is 11.4. The second kappa shape index (κ2) is 7.29. The Morgan fingerprint density at radius 3 is 2.74 bits per heavy atom. The maximum atomic E-state index is 11.8. The third-order valence-electron chi connectivity index (χ3n) is 3.84. The molecule has 2 unspecified atom stereocenters. The lowest BCUT2D eigenvalue weighted by Gasteiger charge is -2.16. The fraction of sp³-hybridized carbons (Fsp3) is 0.562. The second-order valence-corrected chi connectivity index (χ2v) is 5.44. The molecular formula is C16H23NO2. The largest absolute Gasteiger partial charge is 0.462 e. The van der Waals surface area contributed by atoms with Crippen LogP contribution < -0.4 is 5.73 Å². The third kappa shape index (κ3) is 4.67. The lowest BCUT2D eigenvalue weighted by molar-refractivity contribution is 0.0479. The van der Waals surface area contributed by atoms with Gasteiger partial charge in [0.05, 0.1) is 12.2 Å². The number of nitrogens with two attached hydrogens (primary N) is 1. The zero-order chi connectivity index (χ0) is 13.5. The van der Waals surface area contributed by atoms with E-state index in [9.17, 15) is 4.79 Å². The first kappa shape index (κ1) is 14.1. The molecule has 3 nitrogen and oxygen atoms in total. The third-order valence-corrected chi connectivity index (χ3v) is 3.84. The number of hydrogen-bond acceptors (Lipinski definition) is 3. The molecule has 1 saturated carbocycles. The van der Waals surface area contributed by atoms with Crippen LogP contribution in [0.5, 0.6) is 0 Å². The number of carbonyl (C=O) groups excluding carboxylic acids is 1. The van der Waals surface area contributed by atoms with Crippen LogP contribution in [0.25, 0.3) is 0 Å². The van der Waals surface area contributed by atoms with Crippen LogP contribution in [-0.4, -0.2) is 18.6 Å². The van der Waals surface area contributed by atoms with Crippen molar-refractivity contribution in [1.82, 2.24) is 0 Å². The molecule has 3 heteroatoms. The van der Waals surface area contributed by atoms with Crippen LogP contribution in [-0.2, 0) is 4.74 Å². The molecule has 19 heavy (non-hydrogen) atoms. The number of rotatable bonds is 4. The van der Waals surface area contributed by atoms with Crippen LogP contribution >= 0.6 is 0 Å². The molecule has 0 heterocycles. The molecule has 0 aliphatic heterocycles. The van der Waals surface area contributed by atoms with Crippen molar-refractivity contribution in [2.45, 2.75) is 44.6 Å². The van der Waals surface area contributed by atoms with E-state index in [1.54, 1.807) is 12.1 Å². The quantitative estimate of drug-likeness (QED) is 0.669. The molecular weight excluding hydrogens is 238 g/mol. The van der Waals surface area contributed by atoms with E-state index in [-0.39, 0.29) is 5.97 Å². The van der Waals surface area contributed by atoms with Gasteiger partial charge in [0.2, 0.25) is 0 Å². The van der Waals surface area contributed by atoms with Gasteiger partial charge in [-0.2, -0.15) is 0 Å². The molecule has 1 aliphatic carbocycles. The molecule has 2 atom stereocenters. The predicted octanol–water partition coefficient (Wildman–Crippen LogP) is 3.14. The molecule has 0 radical (unpaired) electrons. The SMILES string of the molecule is NC1CCCCC(CCOC(=O)c2ccccc2)C1. The average Bonchev–Trinajstić information content (AvgIpc) is 2.64. The van der Waals surface area contributed by atoms with Crippen LogP contribution in [0, 0.1) is 5.92 Å². The van der Waals surface area contributed by atoms with Gasteiger partial charge in [0.15, 0.2) is 0 Å². The van der Waals surface area contributed by atoms with Gasteiger partial charge in [0, 0.05) is 6.04 Å². The number of esters is 1. The molecule has 0 amide bonds. The van der Waals surface area contributed by atoms with Crippen molar-refractivity contribution < 1.29 is 9.53 Å². The second-order valence-electron chi connectivity index (χ2n) is 5.44. The predicted molar refractivity (Wildman–Crippen MR) is 75.9 cm³/mol. The summed E-state index contributed by atoms with van der Waals surface area (Å²) in [6.45, 7) is 0.505. The van der Waals surface area contributed by atoms with Gasteiger partial charge in [-0.15, -0.1) is 0 Å². The fourth-order valence-corrected chi connectivity index (χ4v) is 2.74. The first-order valence-corrected chi connectivity index (χ1v) is 7.23. The molecule has 1 fully saturated rings. The van der Waals surface area contributed by atoms with Crippen LogP contribution in [0.1, 0.15) is 48.9 Å². The van der Waals surface area contributed by atoms with Crippen molar-refractivity contribution in [1.29, 1.82) is 0 Å². The molecule has 1 aromatic rings. The molecule has 104 valence electrons. The summed E-state index contributed by atoms with van der Waals surface area (Å²) >= 11 is 0. The van der Waals surface area contributed by atoms with Crippen LogP contribution in [0.4, 0.5) is 0 Å². The molecule has 0 bridgehead atoms. The molecule has 2 rings (SSSR count). The summed E-state index contributed by atoms with van der Waals surface area (Å²) < 4.78 is 5.33. The van der Waals surface area contributed by atoms with E-state index in [0.717, 1.165) is 19.3 Å². The first-order valence-electron chi connectivity index (χ1n) is 7.23. The van der Waals surface area contributed by atoms with Crippen LogP contribution in [0.2, 0.25) is 0 Å². The molecule has 1 aromatic carbocycles. The van der Waals surface area contributed by atoms with E-state index < -0.39 is 0 Å². The van der Waals surface area contributed by atoms with Crippen molar-refractivity contribution in [2.75, 3.05) is 6.61 Å². The smallest absolute Gasteiger partial charge is 0.338 e. The summed E-state index contributed by atoms with van der Waals surface area (Å²) in [4.78, 5) is 11.8. The highest BCUT2D eigenvalue weighted by Crippen LogP contribution is 2.24. The van der Waals surface area contributed by atoms with Gasteiger partial charge in [0.1, 0.15) is 0 Å². The highest BCUT2D eigenvalue weighted by Gasteiger charge is 2.18. The van der Waals surface area contributed by atoms with E-state index in [4.69, 9.17) is 10.5 Å². The van der Waals surface area contributed by atoms with Gasteiger partial charge in [-0.1, -0.05) is 37.5 Å². The summed E-state index contributed by atoms with van der Waals surface area (Å²) in [7, 11) is 0. The van der Waals surface area contributed by atoms with Crippen LogP contribution in [0.3, 0.4) is 0 Å². The number of ether oxygens (including phenoxy) is 1. The highest BCUT2D eigenvalue weighted by atomic mass is 16.5. The van der Waals surface area contributed by atoms with Gasteiger partial charge >= 0.3 is 5.97 Å². The maximum Gasteiger partial charge on any atom is 0.338 e. The highest BCUT2D eigenvalue weighted by molar-refractivity contribution is 5.89. The molecule has 1 aliphatic rings. The lowest BCUT2D eigenvalue weighted by Crippen LogP contribution is -2.22. The molecule has 2 N–H and O–H groups in total. The van der Waals surface area contributed by atoms with Crippen molar-refractivity contribution >= 4 is 5.97 Å². The lowest BCUT2D eigenvalue weighted by atomic mass is 9.95. The average molecular weight is 261 g/mol. The minimum Gasteiger partial charge on any atom is -0.462 e. The fourth-order valence-electron chi connectivity index (χ4n) is 2.74. The summed E-state index contributed by atoms with van der Waals surface area (Å²) in [6, 6.07) is 9.48. The van der Waals surface area contributed by atoms with Gasteiger partial charge in [0.25, 0.3) is 0 Å². The van der Waals surface area contributed by atoms with E-state index in [1.807, 2.05) is 18.2 Å². The van der Waals surface area contributed by atoms with Gasteiger partial charge < -0.3 is 10.5 Å². The summed E-state index contributed by atoms with van der Waals surface area (Å²) in [6.07, 6.45) is 6.86. The molecule has 0 aromatic heterocycles. The van der Waals surface area contributed by atoms with E-state index in [1.165, 1.54) is 19.3 Å². The van der Waals surface area contributed by atoms with Crippen molar-refractivity contribution in [3.63, 3.8) is 0 Å². The van der Waals surface area contributed by atoms with Gasteiger partial charge in [-0.25, -0.2) is 4.79 Å². The van der Waals surface area contributed by atoms with Crippen molar-refractivity contribution in [3.8, 4) is 0 Å². The minimum absolute atomic E-state index is 0.224. The summed E-state index contributed by atoms with van der Waals surface area (Å²) in [5, 5.41) is 0. The Labute approximate surface area is 115 Å². The summed E-state index contributed by atoms with van der Waals surface area (Å²) in [5.41, 5.74) is 6.67. The Balaban J connectivity index is 1.72.